The molecule has 0 saturated heterocycles. The Bertz CT molecular complexity index is 570. The summed E-state index contributed by atoms with van der Waals surface area (Å²) >= 11 is 8.45. The van der Waals surface area contributed by atoms with Crippen molar-refractivity contribution in [3.8, 4) is 23.8 Å². The normalized spacial score (nSPS) is 10.0. The van der Waals surface area contributed by atoms with Crippen molar-refractivity contribution in [3.05, 3.63) is 22.2 Å². The minimum atomic E-state index is 0.175. The molecule has 1 aromatic rings. The van der Waals surface area contributed by atoms with Gasteiger partial charge in [0.1, 0.15) is 6.61 Å². The van der Waals surface area contributed by atoms with E-state index in [1.54, 1.807) is 25.5 Å². The minimum absolute atomic E-state index is 0.175. The third kappa shape index (κ3) is 5.61. The van der Waals surface area contributed by atoms with Crippen LogP contribution in [0.3, 0.4) is 0 Å². The average molecular weight is 370 g/mol. The number of nitrogens with one attached hydrogen (secondary N) is 2. The highest BCUT2D eigenvalue weighted by molar-refractivity contribution is 9.10. The van der Waals surface area contributed by atoms with Gasteiger partial charge >= 0.3 is 0 Å². The molecule has 1 rings (SSSR count). The molecule has 0 saturated carbocycles. The monoisotopic (exact) mass is 369 g/mol. The number of methoxy groups -OCH3 is 1. The van der Waals surface area contributed by atoms with E-state index in [9.17, 15) is 0 Å². The van der Waals surface area contributed by atoms with Crippen LogP contribution in [0.2, 0.25) is 0 Å². The van der Waals surface area contributed by atoms with Gasteiger partial charge in [-0.25, -0.2) is 0 Å². The highest BCUT2D eigenvalue weighted by Gasteiger charge is 2.09. The van der Waals surface area contributed by atoms with Gasteiger partial charge in [-0.1, -0.05) is 5.92 Å². The molecule has 5 nitrogen and oxygen atoms in total. The van der Waals surface area contributed by atoms with Crippen molar-refractivity contribution in [2.24, 2.45) is 5.10 Å². The van der Waals surface area contributed by atoms with Crippen LogP contribution >= 0.6 is 28.1 Å². The molecule has 0 aliphatic rings. The van der Waals surface area contributed by atoms with E-state index in [2.05, 4.69) is 37.7 Å². The Labute approximate surface area is 138 Å². The summed E-state index contributed by atoms with van der Waals surface area (Å²) in [5.41, 5.74) is 3.53. The number of hydrogen-bond donors (Lipinski definition) is 2. The highest BCUT2D eigenvalue weighted by atomic mass is 79.9. The van der Waals surface area contributed by atoms with Gasteiger partial charge in [0, 0.05) is 16.6 Å². The van der Waals surface area contributed by atoms with E-state index >= 15 is 0 Å². The van der Waals surface area contributed by atoms with E-state index in [1.165, 1.54) is 0 Å². The number of terminal acetylenes is 1. The van der Waals surface area contributed by atoms with Crippen LogP contribution in [-0.2, 0) is 0 Å². The van der Waals surface area contributed by atoms with Crippen LogP contribution in [0.1, 0.15) is 12.5 Å². The summed E-state index contributed by atoms with van der Waals surface area (Å²) in [7, 11) is 1.56. The lowest BCUT2D eigenvalue weighted by Gasteiger charge is -2.11. The fourth-order valence-corrected chi connectivity index (χ4v) is 2.02. The summed E-state index contributed by atoms with van der Waals surface area (Å²) in [5.74, 6) is 3.55. The molecule has 7 heteroatoms. The second kappa shape index (κ2) is 9.21. The summed E-state index contributed by atoms with van der Waals surface area (Å²) in [6.45, 7) is 2.86. The Morgan fingerprint density at radius 2 is 2.29 bits per heavy atom. The van der Waals surface area contributed by atoms with Gasteiger partial charge in [-0.15, -0.1) is 6.42 Å². The Morgan fingerprint density at radius 3 is 2.90 bits per heavy atom. The van der Waals surface area contributed by atoms with Gasteiger partial charge in [0.25, 0.3) is 0 Å². The lowest BCUT2D eigenvalue weighted by atomic mass is 10.2. The molecule has 0 bridgehead atoms. The molecule has 0 aliphatic heterocycles. The predicted molar refractivity (Wildman–Crippen MR) is 92.0 cm³/mol. The van der Waals surface area contributed by atoms with Crippen LogP contribution in [0.15, 0.2) is 21.7 Å². The quantitative estimate of drug-likeness (QED) is 0.348. The molecule has 112 valence electrons. The van der Waals surface area contributed by atoms with Gasteiger partial charge in [-0.05, 0) is 47.2 Å². The van der Waals surface area contributed by atoms with Crippen molar-refractivity contribution in [2.75, 3.05) is 20.3 Å². The van der Waals surface area contributed by atoms with E-state index in [0.717, 1.165) is 16.6 Å². The first-order valence-corrected chi connectivity index (χ1v) is 7.33. The Hall–Kier alpha value is -1.78. The van der Waals surface area contributed by atoms with Gasteiger partial charge in [0.2, 0.25) is 0 Å². The molecule has 0 unspecified atom stereocenters. The van der Waals surface area contributed by atoms with E-state index in [4.69, 9.17) is 28.1 Å². The molecule has 0 radical (unpaired) electrons. The standard InChI is InChI=1S/C14H16BrN3O2S/c1-4-6-20-13-8-11(15)10(7-12(13)19-3)9-17-18-14(21)16-5-2/h1,7-9H,5-6H2,2-3H3,(H2,16,18,21)/b17-9-. The number of benzene rings is 1. The second-order valence-electron chi connectivity index (χ2n) is 3.75. The molecule has 0 spiro atoms. The predicted octanol–water partition coefficient (Wildman–Crippen LogP) is 2.29. The molecule has 0 heterocycles. The number of nitrogens with zero attached hydrogens (tertiary/aromatic N) is 1. The van der Waals surface area contributed by atoms with E-state index in [-0.39, 0.29) is 6.61 Å². The third-order valence-corrected chi connectivity index (χ3v) is 3.22. The van der Waals surface area contributed by atoms with Gasteiger partial charge in [-0.2, -0.15) is 5.10 Å². The largest absolute Gasteiger partial charge is 0.493 e. The topological polar surface area (TPSA) is 54.9 Å². The van der Waals surface area contributed by atoms with Crippen LogP contribution in [0.5, 0.6) is 11.5 Å². The first kappa shape index (κ1) is 17.3. The maximum absolute atomic E-state index is 5.41. The molecule has 0 aliphatic carbocycles. The Kier molecular flexibility index (Phi) is 7.58. The van der Waals surface area contributed by atoms with Crippen molar-refractivity contribution >= 4 is 39.5 Å². The van der Waals surface area contributed by atoms with Crippen LogP contribution in [0.25, 0.3) is 0 Å². The summed E-state index contributed by atoms with van der Waals surface area (Å²) in [6, 6.07) is 3.57. The van der Waals surface area contributed by atoms with E-state index in [0.29, 0.717) is 16.6 Å². The summed E-state index contributed by atoms with van der Waals surface area (Å²) in [5, 5.41) is 7.45. The zero-order valence-corrected chi connectivity index (χ0v) is 14.2. The van der Waals surface area contributed by atoms with Crippen molar-refractivity contribution in [1.29, 1.82) is 0 Å². The molecule has 1 aromatic carbocycles. The third-order valence-electron chi connectivity index (χ3n) is 2.30. The zero-order chi connectivity index (χ0) is 15.7. The highest BCUT2D eigenvalue weighted by Crippen LogP contribution is 2.32. The van der Waals surface area contributed by atoms with E-state index in [1.807, 2.05) is 6.92 Å². The number of hydrogen-bond acceptors (Lipinski definition) is 4. The Morgan fingerprint density at radius 1 is 1.52 bits per heavy atom. The first-order chi connectivity index (χ1) is 10.1. The van der Waals surface area contributed by atoms with Gasteiger partial charge in [0.05, 0.1) is 13.3 Å². The average Bonchev–Trinajstić information content (AvgIpc) is 2.47. The number of thiocarbonyl (C=S) groups is 1. The summed E-state index contributed by atoms with van der Waals surface area (Å²) in [4.78, 5) is 0. The fourth-order valence-electron chi connectivity index (χ4n) is 1.40. The van der Waals surface area contributed by atoms with Crippen LogP contribution < -0.4 is 20.2 Å². The van der Waals surface area contributed by atoms with Gasteiger partial charge in [0.15, 0.2) is 16.6 Å². The summed E-state index contributed by atoms with van der Waals surface area (Å²) in [6.07, 6.45) is 6.81. The van der Waals surface area contributed by atoms with Crippen molar-refractivity contribution in [2.45, 2.75) is 6.92 Å². The maximum Gasteiger partial charge on any atom is 0.186 e. The second-order valence-corrected chi connectivity index (χ2v) is 5.01. The molecule has 21 heavy (non-hydrogen) atoms. The lowest BCUT2D eigenvalue weighted by molar-refractivity contribution is 0.330. The summed E-state index contributed by atoms with van der Waals surface area (Å²) < 4.78 is 11.5. The van der Waals surface area contributed by atoms with Gasteiger partial charge in [-0.3, -0.25) is 5.43 Å². The Balaban J connectivity index is 2.86. The molecule has 0 amide bonds. The SMILES string of the molecule is C#CCOc1cc(Br)c(/C=N\NC(=S)NCC)cc1OC. The van der Waals surface area contributed by atoms with Gasteiger partial charge < -0.3 is 14.8 Å². The van der Waals surface area contributed by atoms with Crippen molar-refractivity contribution in [3.63, 3.8) is 0 Å². The number of rotatable bonds is 6. The molecule has 2 N–H and O–H groups in total. The lowest BCUT2D eigenvalue weighted by Crippen LogP contribution is -2.31. The smallest absolute Gasteiger partial charge is 0.186 e. The molecule has 0 atom stereocenters. The number of hydrazone groups is 1. The zero-order valence-electron chi connectivity index (χ0n) is 11.8. The van der Waals surface area contributed by atoms with Crippen LogP contribution in [0.4, 0.5) is 0 Å². The minimum Gasteiger partial charge on any atom is -0.493 e. The molecular formula is C14H16BrN3O2S. The van der Waals surface area contributed by atoms with Crippen molar-refractivity contribution in [1.82, 2.24) is 10.7 Å². The van der Waals surface area contributed by atoms with Crippen LogP contribution in [-0.4, -0.2) is 31.6 Å². The van der Waals surface area contributed by atoms with Crippen molar-refractivity contribution < 1.29 is 9.47 Å². The number of ether oxygens (including phenoxy) is 2. The molecule has 0 fully saturated rings. The first-order valence-electron chi connectivity index (χ1n) is 6.13. The molecule has 0 aromatic heterocycles. The number of halogens is 1. The molecular weight excluding hydrogens is 354 g/mol. The van der Waals surface area contributed by atoms with E-state index < -0.39 is 0 Å². The fraction of sp³-hybridized carbons (Fsp3) is 0.286. The maximum atomic E-state index is 5.41. The van der Waals surface area contributed by atoms with Crippen LogP contribution in [0, 0.1) is 12.3 Å².